The fourth-order valence-corrected chi connectivity index (χ4v) is 0.214. The Morgan fingerprint density at radius 3 is 2.00 bits per heavy atom. The Hall–Kier alpha value is -0.610. The first-order chi connectivity index (χ1) is 3.77. The Morgan fingerprint density at radius 1 is 1.62 bits per heavy atom. The van der Waals surface area contributed by atoms with Gasteiger partial charge in [-0.3, -0.25) is 16.5 Å². The minimum atomic E-state index is -0.711. The van der Waals surface area contributed by atoms with Crippen molar-refractivity contribution in [3.63, 3.8) is 0 Å². The van der Waals surface area contributed by atoms with Crippen LogP contribution >= 0.6 is 0 Å². The van der Waals surface area contributed by atoms with Crippen LogP contribution in [-0.2, 0) is 4.79 Å². The molecule has 0 bridgehead atoms. The van der Waals surface area contributed by atoms with Crippen molar-refractivity contribution in [2.75, 3.05) is 0 Å². The first-order valence-corrected chi connectivity index (χ1v) is 2.32. The van der Waals surface area contributed by atoms with Gasteiger partial charge in [-0.15, -0.1) is 0 Å². The maximum absolute atomic E-state index is 9.60. The van der Waals surface area contributed by atoms with Crippen LogP contribution in [-0.4, -0.2) is 11.1 Å². The summed E-state index contributed by atoms with van der Waals surface area (Å²) in [5.41, 5.74) is 0. The molecule has 0 aliphatic rings. The van der Waals surface area contributed by atoms with E-state index in [0.717, 1.165) is 6.42 Å². The molecule has 0 aliphatic carbocycles. The number of rotatable bonds is 2. The standard InChI is InChI=1S/C4H8O2.H4N2/c1-2-3-4(5)6;1-2/h2-3H2,1H3,(H,5,6);1-2H2. The van der Waals surface area contributed by atoms with Crippen molar-refractivity contribution in [3.05, 3.63) is 0 Å². The molecule has 5 N–H and O–H groups in total. The van der Waals surface area contributed by atoms with Gasteiger partial charge in [0.15, 0.2) is 0 Å². The molecule has 0 amide bonds. The number of hydrogen-bond donors (Lipinski definition) is 3. The monoisotopic (exact) mass is 120 g/mol. The normalized spacial score (nSPS) is 6.88. The molecule has 0 atom stereocenters. The summed E-state index contributed by atoms with van der Waals surface area (Å²) in [5.74, 6) is 7.29. The van der Waals surface area contributed by atoms with E-state index >= 15 is 0 Å². The van der Waals surface area contributed by atoms with Crippen LogP contribution in [0.3, 0.4) is 0 Å². The quantitative estimate of drug-likeness (QED) is 0.344. The van der Waals surface area contributed by atoms with Crippen molar-refractivity contribution in [2.45, 2.75) is 19.8 Å². The Morgan fingerprint density at radius 2 is 2.00 bits per heavy atom. The molecule has 0 spiro atoms. The van der Waals surface area contributed by atoms with Crippen LogP contribution in [0.1, 0.15) is 19.8 Å². The molecule has 4 nitrogen and oxygen atoms in total. The topological polar surface area (TPSA) is 89.3 Å². The number of aliphatic carboxylic acids is 1. The van der Waals surface area contributed by atoms with Crippen LogP contribution in [0.25, 0.3) is 0 Å². The lowest BCUT2D eigenvalue weighted by Gasteiger charge is -1.79. The van der Waals surface area contributed by atoms with Crippen molar-refractivity contribution in [1.29, 1.82) is 0 Å². The van der Waals surface area contributed by atoms with E-state index in [2.05, 4.69) is 11.7 Å². The molecular formula is C4H12N2O2. The summed E-state index contributed by atoms with van der Waals surface area (Å²) in [7, 11) is 0. The van der Waals surface area contributed by atoms with Crippen LogP contribution in [0, 0.1) is 0 Å². The summed E-state index contributed by atoms with van der Waals surface area (Å²) in [4.78, 5) is 9.60. The third kappa shape index (κ3) is 18.2. The molecule has 0 saturated heterocycles. The number of carbonyl (C=O) groups is 1. The fourth-order valence-electron chi connectivity index (χ4n) is 0.214. The van der Waals surface area contributed by atoms with Crippen LogP contribution in [0.4, 0.5) is 0 Å². The smallest absolute Gasteiger partial charge is 0.303 e. The van der Waals surface area contributed by atoms with E-state index in [4.69, 9.17) is 5.11 Å². The second-order valence-corrected chi connectivity index (χ2v) is 1.14. The zero-order chi connectivity index (χ0) is 6.99. The summed E-state index contributed by atoms with van der Waals surface area (Å²) in [5, 5.41) is 7.91. The van der Waals surface area contributed by atoms with Gasteiger partial charge in [0.05, 0.1) is 0 Å². The van der Waals surface area contributed by atoms with Crippen LogP contribution in [0.15, 0.2) is 0 Å². The van der Waals surface area contributed by atoms with Gasteiger partial charge in [-0.05, 0) is 6.42 Å². The molecule has 0 aromatic heterocycles. The molecule has 8 heavy (non-hydrogen) atoms. The largest absolute Gasteiger partial charge is 0.481 e. The Kier molecular flexibility index (Phi) is 12.5. The van der Waals surface area contributed by atoms with E-state index in [0.29, 0.717) is 6.42 Å². The zero-order valence-corrected chi connectivity index (χ0v) is 4.92. The van der Waals surface area contributed by atoms with Crippen LogP contribution in [0.5, 0.6) is 0 Å². The summed E-state index contributed by atoms with van der Waals surface area (Å²) >= 11 is 0. The van der Waals surface area contributed by atoms with Gasteiger partial charge >= 0.3 is 5.97 Å². The summed E-state index contributed by atoms with van der Waals surface area (Å²) in [6, 6.07) is 0. The van der Waals surface area contributed by atoms with Crippen molar-refractivity contribution in [2.24, 2.45) is 11.7 Å². The van der Waals surface area contributed by atoms with Crippen molar-refractivity contribution in [1.82, 2.24) is 0 Å². The lowest BCUT2D eigenvalue weighted by atomic mass is 10.4. The predicted molar refractivity (Wildman–Crippen MR) is 30.9 cm³/mol. The molecule has 0 aliphatic heterocycles. The first-order valence-electron chi connectivity index (χ1n) is 2.32. The number of carboxylic acids is 1. The van der Waals surface area contributed by atoms with Crippen molar-refractivity contribution >= 4 is 5.97 Å². The number of nitrogens with two attached hydrogens (primary N) is 2. The van der Waals surface area contributed by atoms with E-state index in [1.54, 1.807) is 0 Å². The molecular weight excluding hydrogens is 108 g/mol. The Labute approximate surface area is 48.4 Å². The molecule has 0 aromatic carbocycles. The maximum Gasteiger partial charge on any atom is 0.303 e. The van der Waals surface area contributed by atoms with Gasteiger partial charge in [-0.2, -0.15) is 0 Å². The van der Waals surface area contributed by atoms with Gasteiger partial charge in [0.25, 0.3) is 0 Å². The van der Waals surface area contributed by atoms with E-state index in [-0.39, 0.29) is 0 Å². The molecule has 50 valence electrons. The predicted octanol–water partition coefficient (Wildman–Crippen LogP) is -0.310. The van der Waals surface area contributed by atoms with Gasteiger partial charge in [-0.25, -0.2) is 0 Å². The van der Waals surface area contributed by atoms with E-state index in [1.807, 2.05) is 6.92 Å². The van der Waals surface area contributed by atoms with E-state index in [9.17, 15) is 4.79 Å². The van der Waals surface area contributed by atoms with Gasteiger partial charge in [0.2, 0.25) is 0 Å². The number of hydrogen-bond acceptors (Lipinski definition) is 3. The molecule has 0 heterocycles. The minimum Gasteiger partial charge on any atom is -0.481 e. The van der Waals surface area contributed by atoms with E-state index in [1.165, 1.54) is 0 Å². The van der Waals surface area contributed by atoms with Crippen molar-refractivity contribution < 1.29 is 9.90 Å². The molecule has 0 unspecified atom stereocenters. The van der Waals surface area contributed by atoms with E-state index < -0.39 is 5.97 Å². The molecule has 0 aromatic rings. The molecule has 0 fully saturated rings. The highest BCUT2D eigenvalue weighted by Crippen LogP contribution is 1.82. The molecule has 0 saturated carbocycles. The third-order valence-electron chi connectivity index (χ3n) is 0.464. The maximum atomic E-state index is 9.60. The summed E-state index contributed by atoms with van der Waals surface area (Å²) in [6.07, 6.45) is 1.02. The highest BCUT2D eigenvalue weighted by atomic mass is 16.4. The van der Waals surface area contributed by atoms with Crippen LogP contribution < -0.4 is 11.7 Å². The highest BCUT2D eigenvalue weighted by molar-refractivity contribution is 5.66. The summed E-state index contributed by atoms with van der Waals surface area (Å²) < 4.78 is 0. The Balaban J connectivity index is 0. The lowest BCUT2D eigenvalue weighted by Crippen LogP contribution is -2.02. The summed E-state index contributed by atoms with van der Waals surface area (Å²) in [6.45, 7) is 1.84. The second kappa shape index (κ2) is 9.63. The fraction of sp³-hybridized carbons (Fsp3) is 0.750. The lowest BCUT2D eigenvalue weighted by molar-refractivity contribution is -0.137. The molecule has 0 radical (unpaired) electrons. The van der Waals surface area contributed by atoms with Gasteiger partial charge in [0.1, 0.15) is 0 Å². The average Bonchev–Trinajstić information content (AvgIpc) is 1.72. The van der Waals surface area contributed by atoms with Crippen LogP contribution in [0.2, 0.25) is 0 Å². The van der Waals surface area contributed by atoms with Gasteiger partial charge in [-0.1, -0.05) is 6.92 Å². The minimum absolute atomic E-state index is 0.292. The van der Waals surface area contributed by atoms with Gasteiger partial charge in [0, 0.05) is 6.42 Å². The third-order valence-corrected chi connectivity index (χ3v) is 0.464. The highest BCUT2D eigenvalue weighted by Gasteiger charge is 1.87. The molecule has 0 rings (SSSR count). The van der Waals surface area contributed by atoms with Gasteiger partial charge < -0.3 is 5.11 Å². The average molecular weight is 120 g/mol. The Bertz CT molecular complexity index is 56.0. The zero-order valence-electron chi connectivity index (χ0n) is 4.92. The first kappa shape index (κ1) is 10.4. The van der Waals surface area contributed by atoms with Crippen molar-refractivity contribution in [3.8, 4) is 0 Å². The second-order valence-electron chi connectivity index (χ2n) is 1.14. The number of carboxylic acid groups (broad SMARTS) is 1. The SMILES string of the molecule is CCCC(=O)O.NN. The number of hydrazine groups is 1. The molecule has 4 heteroatoms.